The Hall–Kier alpha value is -4.68. The molecule has 0 bridgehead atoms. The fraction of sp³-hybridized carbons (Fsp3) is 0.235. The molecule has 47 heavy (non-hydrogen) atoms. The van der Waals surface area contributed by atoms with Crippen LogP contribution in [0, 0.1) is 5.82 Å². The zero-order chi connectivity index (χ0) is 32.8. The van der Waals surface area contributed by atoms with Crippen molar-refractivity contribution in [2.75, 3.05) is 0 Å². The van der Waals surface area contributed by atoms with Gasteiger partial charge in [-0.15, -0.1) is 0 Å². The van der Waals surface area contributed by atoms with Crippen molar-refractivity contribution in [3.63, 3.8) is 0 Å². The third-order valence-electron chi connectivity index (χ3n) is 8.34. The minimum atomic E-state index is -0.510. The van der Waals surface area contributed by atoms with Crippen LogP contribution in [0.15, 0.2) is 88.4 Å². The molecule has 2 amide bonds. The number of halogens is 3. The molecule has 1 N–H and O–H groups in total. The van der Waals surface area contributed by atoms with Gasteiger partial charge in [0.15, 0.2) is 5.82 Å². The van der Waals surface area contributed by atoms with Crippen LogP contribution in [0.4, 0.5) is 4.39 Å². The predicted octanol–water partition coefficient (Wildman–Crippen LogP) is 5.90. The lowest BCUT2D eigenvalue weighted by molar-refractivity contribution is 0.0610. The summed E-state index contributed by atoms with van der Waals surface area (Å²) in [6, 6.07) is 18.9. The number of ether oxygens (including phenoxy) is 1. The van der Waals surface area contributed by atoms with Crippen LogP contribution in [0.1, 0.15) is 51.9 Å². The Morgan fingerprint density at radius 1 is 1.11 bits per heavy atom. The highest BCUT2D eigenvalue weighted by molar-refractivity contribution is 9.10. The van der Waals surface area contributed by atoms with E-state index in [4.69, 9.17) is 16.3 Å². The van der Waals surface area contributed by atoms with Gasteiger partial charge in [0.2, 0.25) is 0 Å². The summed E-state index contributed by atoms with van der Waals surface area (Å²) in [5.41, 5.74) is 2.30. The molecule has 1 aliphatic heterocycles. The first-order chi connectivity index (χ1) is 22.7. The second kappa shape index (κ2) is 12.5. The van der Waals surface area contributed by atoms with Crippen LogP contribution in [0.5, 0.6) is 5.75 Å². The van der Waals surface area contributed by atoms with E-state index in [1.807, 2.05) is 19.1 Å². The van der Waals surface area contributed by atoms with Gasteiger partial charge in [0.05, 0.1) is 47.1 Å². The fourth-order valence-electron chi connectivity index (χ4n) is 5.78. The number of aromatic nitrogens is 4. The summed E-state index contributed by atoms with van der Waals surface area (Å²) in [4.78, 5) is 43.6. The topological polar surface area (TPSA) is 103 Å². The molecule has 1 aliphatic carbocycles. The summed E-state index contributed by atoms with van der Waals surface area (Å²) in [7, 11) is 0. The zero-order valence-electron chi connectivity index (χ0n) is 25.2. The summed E-state index contributed by atoms with van der Waals surface area (Å²) in [6.07, 6.45) is 4.59. The van der Waals surface area contributed by atoms with Crippen molar-refractivity contribution in [1.82, 2.24) is 29.1 Å². The van der Waals surface area contributed by atoms with E-state index in [2.05, 4.69) is 26.3 Å². The van der Waals surface area contributed by atoms with Gasteiger partial charge in [0.1, 0.15) is 11.4 Å². The van der Waals surface area contributed by atoms with Crippen molar-refractivity contribution >= 4 is 39.3 Å². The highest BCUT2D eigenvalue weighted by atomic mass is 79.9. The van der Waals surface area contributed by atoms with Gasteiger partial charge in [-0.1, -0.05) is 29.8 Å². The molecule has 10 nitrogen and oxygen atoms in total. The van der Waals surface area contributed by atoms with Crippen LogP contribution in [0.2, 0.25) is 5.02 Å². The maximum absolute atomic E-state index is 14.2. The van der Waals surface area contributed by atoms with Gasteiger partial charge in [0, 0.05) is 29.2 Å². The maximum atomic E-state index is 14.2. The number of imidazole rings is 1. The molecule has 0 saturated heterocycles. The van der Waals surface area contributed by atoms with Crippen molar-refractivity contribution in [1.29, 1.82) is 0 Å². The molecule has 0 spiro atoms. The van der Waals surface area contributed by atoms with E-state index in [9.17, 15) is 18.8 Å². The maximum Gasteiger partial charge on any atom is 0.333 e. The summed E-state index contributed by atoms with van der Waals surface area (Å²) in [5.74, 6) is -0.582. The predicted molar refractivity (Wildman–Crippen MR) is 177 cm³/mol. The lowest BCUT2D eigenvalue weighted by Crippen LogP contribution is -2.47. The van der Waals surface area contributed by atoms with E-state index in [0.717, 1.165) is 19.0 Å². The monoisotopic (exact) mass is 718 g/mol. The van der Waals surface area contributed by atoms with Crippen molar-refractivity contribution in [2.45, 2.75) is 51.5 Å². The number of fused-ring (bicyclic) bond motifs is 1. The Labute approximate surface area is 282 Å². The van der Waals surface area contributed by atoms with Crippen LogP contribution in [0.3, 0.4) is 0 Å². The van der Waals surface area contributed by atoms with Gasteiger partial charge in [-0.05, 0) is 89.8 Å². The molecule has 1 atom stereocenters. The molecule has 7 rings (SSSR count). The van der Waals surface area contributed by atoms with E-state index in [-0.39, 0.29) is 49.1 Å². The molecular weight excluding hydrogens is 691 g/mol. The van der Waals surface area contributed by atoms with Gasteiger partial charge < -0.3 is 15.0 Å². The normalized spacial score (nSPS) is 15.7. The minimum Gasteiger partial charge on any atom is -0.490 e. The summed E-state index contributed by atoms with van der Waals surface area (Å²) >= 11 is 9.66. The third-order valence-corrected chi connectivity index (χ3v) is 9.57. The largest absolute Gasteiger partial charge is 0.490 e. The number of nitrogens with one attached hydrogen (secondary N) is 1. The number of rotatable bonds is 8. The van der Waals surface area contributed by atoms with Gasteiger partial charge in [-0.3, -0.25) is 18.7 Å². The van der Waals surface area contributed by atoms with Crippen LogP contribution in [-0.4, -0.2) is 47.8 Å². The Morgan fingerprint density at radius 3 is 2.57 bits per heavy atom. The lowest BCUT2D eigenvalue weighted by atomic mass is 10.1. The number of carbonyl (C=O) groups is 2. The second-order valence-corrected chi connectivity index (χ2v) is 12.9. The highest BCUT2D eigenvalue weighted by Gasteiger charge is 2.35. The molecule has 2 aromatic heterocycles. The molecule has 3 heterocycles. The number of nitrogens with zero attached hydrogens (tertiary/aromatic N) is 5. The van der Waals surface area contributed by atoms with Crippen molar-refractivity contribution in [3.05, 3.63) is 127 Å². The van der Waals surface area contributed by atoms with Crippen LogP contribution < -0.4 is 15.7 Å². The van der Waals surface area contributed by atoms with Crippen LogP contribution >= 0.6 is 27.5 Å². The van der Waals surface area contributed by atoms with Gasteiger partial charge in [-0.25, -0.2) is 13.9 Å². The lowest BCUT2D eigenvalue weighted by Gasteiger charge is -2.34. The Bertz CT molecular complexity index is 2070. The summed E-state index contributed by atoms with van der Waals surface area (Å²) in [6.45, 7) is 2.14. The van der Waals surface area contributed by atoms with E-state index in [0.29, 0.717) is 43.4 Å². The average molecular weight is 720 g/mol. The molecule has 1 saturated carbocycles. The zero-order valence-corrected chi connectivity index (χ0v) is 27.5. The highest BCUT2D eigenvalue weighted by Crippen LogP contribution is 2.30. The molecule has 1 fully saturated rings. The molecule has 0 unspecified atom stereocenters. The Kier molecular flexibility index (Phi) is 8.23. The third kappa shape index (κ3) is 6.10. The van der Waals surface area contributed by atoms with Crippen molar-refractivity contribution < 1.29 is 18.7 Å². The molecule has 3 aromatic carbocycles. The molecule has 5 aromatic rings. The van der Waals surface area contributed by atoms with Crippen molar-refractivity contribution in [2.24, 2.45) is 0 Å². The number of carbonyl (C=O) groups excluding carboxylic acids is 2. The number of hydrogen-bond acceptors (Lipinski definition) is 5. The smallest absolute Gasteiger partial charge is 0.333 e. The molecule has 13 heteroatoms. The van der Waals surface area contributed by atoms with E-state index < -0.39 is 11.7 Å². The van der Waals surface area contributed by atoms with Crippen molar-refractivity contribution in [3.8, 4) is 17.1 Å². The number of hydrogen-bond donors (Lipinski definition) is 1. The number of para-hydroxylation sites is 1. The SMILES string of the molecule is C[C@H]1Cn2c(c(C(=O)NCc3ccccc3-n3cc(F)cn3)n(-c3ccc(OC4CC4)cc3)c2=O)CN1C(=O)c1ccc(Br)c(Cl)c1. The Morgan fingerprint density at radius 2 is 1.87 bits per heavy atom. The average Bonchev–Trinajstić information content (AvgIpc) is 3.71. The van der Waals surface area contributed by atoms with E-state index in [1.54, 1.807) is 64.1 Å². The fourth-order valence-corrected chi connectivity index (χ4v) is 6.21. The van der Waals surface area contributed by atoms with Crippen LogP contribution in [-0.2, 0) is 19.6 Å². The first-order valence-corrected chi connectivity index (χ1v) is 16.3. The minimum absolute atomic E-state index is 0.0186. The second-order valence-electron chi connectivity index (χ2n) is 11.7. The quantitative estimate of drug-likeness (QED) is 0.215. The van der Waals surface area contributed by atoms with Crippen LogP contribution in [0.25, 0.3) is 11.4 Å². The van der Waals surface area contributed by atoms with E-state index >= 15 is 0 Å². The standard InChI is InChI=1S/C34H29BrClFN6O4/c1-20-17-41-30(19-40(20)33(45)21-6-13-27(35)28(36)14-21)31(43(34(41)46)24-7-9-25(10-8-24)47-26-11-12-26)32(44)38-15-22-4-2-3-5-29(22)42-18-23(37)16-39-42/h2-10,13-14,16,18,20,26H,11-12,15,17,19H2,1H3,(H,38,44)/t20-/m0/s1. The van der Waals surface area contributed by atoms with Gasteiger partial charge >= 0.3 is 5.69 Å². The molecule has 0 radical (unpaired) electrons. The molecular formula is C34H29BrClFN6O4. The van der Waals surface area contributed by atoms with E-state index in [1.165, 1.54) is 15.4 Å². The van der Waals surface area contributed by atoms with Gasteiger partial charge in [0.25, 0.3) is 11.8 Å². The number of benzene rings is 3. The molecule has 240 valence electrons. The number of amides is 2. The van der Waals surface area contributed by atoms with Gasteiger partial charge in [-0.2, -0.15) is 5.10 Å². The Balaban J connectivity index is 1.26. The first kappa shape index (κ1) is 30.9. The molecule has 2 aliphatic rings. The summed E-state index contributed by atoms with van der Waals surface area (Å²) in [5, 5.41) is 7.42. The first-order valence-electron chi connectivity index (χ1n) is 15.1. The summed E-state index contributed by atoms with van der Waals surface area (Å²) < 4.78 is 24.7.